The van der Waals surface area contributed by atoms with E-state index in [1.165, 1.54) is 0 Å². The molecule has 3 aliphatic heterocycles. The molecule has 2 saturated heterocycles. The summed E-state index contributed by atoms with van der Waals surface area (Å²) in [6.45, 7) is 2.94. The summed E-state index contributed by atoms with van der Waals surface area (Å²) < 4.78 is 5.55. The Balaban J connectivity index is 1.76. The number of amides is 1. The number of carbonyl (C=O) groups excluding carboxylic acids is 2. The van der Waals surface area contributed by atoms with E-state index in [2.05, 4.69) is 22.3 Å². The third-order valence-electron chi connectivity index (χ3n) is 6.63. The number of ether oxygens (including phenoxy) is 1. The largest absolute Gasteiger partial charge is 0.466 e. The Labute approximate surface area is 164 Å². The molecule has 5 heteroatoms. The molecule has 2 fully saturated rings. The van der Waals surface area contributed by atoms with Crippen LogP contribution in [0.2, 0.25) is 0 Å². The van der Waals surface area contributed by atoms with Crippen LogP contribution < -0.4 is 5.32 Å². The second-order valence-corrected chi connectivity index (χ2v) is 7.84. The Hall–Kier alpha value is -2.66. The summed E-state index contributed by atoms with van der Waals surface area (Å²) in [7, 11) is 0. The standard InChI is InChI=1S/C23H24N2O3/c1-2-28-21(26)20-19(15-9-4-3-5-10-15)18-13-8-14-25(18)23(20)16-11-6-7-12-17(16)24-22(23)27/h3-7,9-12,18-20H,2,8,13-14H2,1H3,(H,24,27)/t18-,19+,20-,23+/m0/s1. The topological polar surface area (TPSA) is 58.6 Å². The van der Waals surface area contributed by atoms with Crippen LogP contribution in [0.4, 0.5) is 5.69 Å². The lowest BCUT2D eigenvalue weighted by molar-refractivity contribution is -0.155. The molecule has 1 spiro atoms. The maximum atomic E-state index is 13.5. The van der Waals surface area contributed by atoms with Crippen molar-refractivity contribution < 1.29 is 14.3 Å². The van der Waals surface area contributed by atoms with Crippen molar-refractivity contribution in [3.8, 4) is 0 Å². The Bertz CT molecular complexity index is 928. The zero-order valence-electron chi connectivity index (χ0n) is 15.9. The molecule has 1 N–H and O–H groups in total. The summed E-state index contributed by atoms with van der Waals surface area (Å²) in [6.07, 6.45) is 2.01. The Morgan fingerprint density at radius 3 is 2.71 bits per heavy atom. The number of hydrogen-bond donors (Lipinski definition) is 1. The second-order valence-electron chi connectivity index (χ2n) is 7.84. The molecule has 2 aromatic carbocycles. The molecule has 28 heavy (non-hydrogen) atoms. The van der Waals surface area contributed by atoms with E-state index >= 15 is 0 Å². The summed E-state index contributed by atoms with van der Waals surface area (Å²) >= 11 is 0. The van der Waals surface area contributed by atoms with E-state index in [9.17, 15) is 9.59 Å². The van der Waals surface area contributed by atoms with Gasteiger partial charge in [-0.15, -0.1) is 0 Å². The highest BCUT2D eigenvalue weighted by Gasteiger charge is 2.69. The van der Waals surface area contributed by atoms with E-state index in [0.29, 0.717) is 6.61 Å². The molecule has 1 amide bonds. The lowest BCUT2D eigenvalue weighted by Crippen LogP contribution is -2.53. The van der Waals surface area contributed by atoms with E-state index < -0.39 is 11.5 Å². The predicted octanol–water partition coefficient (Wildman–Crippen LogP) is 3.28. The van der Waals surface area contributed by atoms with Crippen LogP contribution in [0.15, 0.2) is 54.6 Å². The summed E-state index contributed by atoms with van der Waals surface area (Å²) in [4.78, 5) is 29.2. The van der Waals surface area contributed by atoms with Crippen LogP contribution in [0.3, 0.4) is 0 Å². The summed E-state index contributed by atoms with van der Waals surface area (Å²) in [6, 6.07) is 18.1. The summed E-state index contributed by atoms with van der Waals surface area (Å²) in [5.41, 5.74) is 1.82. The average Bonchev–Trinajstić information content (AvgIpc) is 3.36. The highest BCUT2D eigenvalue weighted by molar-refractivity contribution is 6.09. The van der Waals surface area contributed by atoms with Crippen molar-refractivity contribution in [1.29, 1.82) is 0 Å². The number of rotatable bonds is 3. The van der Waals surface area contributed by atoms with E-state index in [0.717, 1.165) is 36.2 Å². The Morgan fingerprint density at radius 1 is 1.18 bits per heavy atom. The number of benzene rings is 2. The van der Waals surface area contributed by atoms with Gasteiger partial charge >= 0.3 is 5.97 Å². The molecule has 5 rings (SSSR count). The van der Waals surface area contributed by atoms with Crippen LogP contribution in [-0.4, -0.2) is 36.0 Å². The van der Waals surface area contributed by atoms with E-state index in [-0.39, 0.29) is 23.8 Å². The molecule has 3 aliphatic rings. The molecule has 0 aromatic heterocycles. The van der Waals surface area contributed by atoms with Crippen molar-refractivity contribution >= 4 is 17.6 Å². The molecule has 2 aromatic rings. The van der Waals surface area contributed by atoms with Crippen LogP contribution in [0, 0.1) is 5.92 Å². The van der Waals surface area contributed by atoms with E-state index in [1.807, 2.05) is 49.4 Å². The molecule has 4 atom stereocenters. The van der Waals surface area contributed by atoms with Gasteiger partial charge in [-0.3, -0.25) is 14.5 Å². The summed E-state index contributed by atoms with van der Waals surface area (Å²) in [5.74, 6) is -1.02. The third-order valence-corrected chi connectivity index (χ3v) is 6.63. The van der Waals surface area contributed by atoms with Gasteiger partial charge in [0.2, 0.25) is 0 Å². The van der Waals surface area contributed by atoms with Crippen molar-refractivity contribution in [2.24, 2.45) is 5.92 Å². The molecular formula is C23H24N2O3. The van der Waals surface area contributed by atoms with Gasteiger partial charge < -0.3 is 10.1 Å². The SMILES string of the molecule is CCOC(=O)[C@@H]1[C@H](c2ccccc2)[C@@H]2CCCN2[C@@]12C(=O)Nc1ccccc12. The minimum absolute atomic E-state index is 0.0698. The first-order valence-electron chi connectivity index (χ1n) is 10.1. The fourth-order valence-corrected chi connectivity index (χ4v) is 5.76. The van der Waals surface area contributed by atoms with Gasteiger partial charge in [0.05, 0.1) is 12.5 Å². The average molecular weight is 376 g/mol. The number of carbonyl (C=O) groups is 2. The van der Waals surface area contributed by atoms with Crippen molar-refractivity contribution in [3.63, 3.8) is 0 Å². The normalized spacial score (nSPS) is 30.9. The molecule has 0 aliphatic carbocycles. The third kappa shape index (κ3) is 2.17. The van der Waals surface area contributed by atoms with Crippen LogP contribution in [0.25, 0.3) is 0 Å². The highest BCUT2D eigenvalue weighted by Crippen LogP contribution is 2.60. The molecule has 0 radical (unpaired) electrons. The minimum atomic E-state index is -0.996. The molecule has 144 valence electrons. The number of hydrogen-bond acceptors (Lipinski definition) is 4. The summed E-state index contributed by atoms with van der Waals surface area (Å²) in [5, 5.41) is 3.05. The van der Waals surface area contributed by atoms with Crippen molar-refractivity contribution in [3.05, 3.63) is 65.7 Å². The zero-order valence-corrected chi connectivity index (χ0v) is 15.9. The number of esters is 1. The minimum Gasteiger partial charge on any atom is -0.466 e. The maximum Gasteiger partial charge on any atom is 0.312 e. The number of nitrogens with one attached hydrogen (secondary N) is 1. The van der Waals surface area contributed by atoms with Gasteiger partial charge in [0.25, 0.3) is 5.91 Å². The molecule has 3 heterocycles. The Kier molecular flexibility index (Phi) is 4.02. The van der Waals surface area contributed by atoms with Gasteiger partial charge in [-0.25, -0.2) is 0 Å². The van der Waals surface area contributed by atoms with Crippen molar-refractivity contribution in [2.45, 2.75) is 37.3 Å². The van der Waals surface area contributed by atoms with Crippen molar-refractivity contribution in [2.75, 3.05) is 18.5 Å². The van der Waals surface area contributed by atoms with Gasteiger partial charge in [-0.05, 0) is 37.9 Å². The number of nitrogens with zero attached hydrogens (tertiary/aromatic N) is 1. The fourth-order valence-electron chi connectivity index (χ4n) is 5.76. The second kappa shape index (κ2) is 6.45. The molecule has 5 nitrogen and oxygen atoms in total. The fraction of sp³-hybridized carbons (Fsp3) is 0.391. The van der Waals surface area contributed by atoms with Crippen LogP contribution in [0.5, 0.6) is 0 Å². The number of para-hydroxylation sites is 1. The number of fused-ring (bicyclic) bond motifs is 4. The zero-order chi connectivity index (χ0) is 19.3. The first kappa shape index (κ1) is 17.4. The van der Waals surface area contributed by atoms with E-state index in [1.54, 1.807) is 0 Å². The first-order chi connectivity index (χ1) is 13.7. The molecular weight excluding hydrogens is 352 g/mol. The molecule has 0 unspecified atom stereocenters. The molecule has 0 bridgehead atoms. The predicted molar refractivity (Wildman–Crippen MR) is 106 cm³/mol. The quantitative estimate of drug-likeness (QED) is 0.836. The Morgan fingerprint density at radius 2 is 1.93 bits per heavy atom. The van der Waals surface area contributed by atoms with Crippen LogP contribution in [-0.2, 0) is 19.9 Å². The van der Waals surface area contributed by atoms with Gasteiger partial charge in [-0.2, -0.15) is 0 Å². The monoisotopic (exact) mass is 376 g/mol. The van der Waals surface area contributed by atoms with Crippen LogP contribution in [0.1, 0.15) is 36.8 Å². The van der Waals surface area contributed by atoms with Gasteiger partial charge in [-0.1, -0.05) is 48.5 Å². The van der Waals surface area contributed by atoms with Crippen LogP contribution >= 0.6 is 0 Å². The highest BCUT2D eigenvalue weighted by atomic mass is 16.5. The van der Waals surface area contributed by atoms with Gasteiger partial charge in [0.1, 0.15) is 5.54 Å². The lowest BCUT2D eigenvalue weighted by atomic mass is 9.72. The van der Waals surface area contributed by atoms with E-state index in [4.69, 9.17) is 4.74 Å². The van der Waals surface area contributed by atoms with Crippen molar-refractivity contribution in [1.82, 2.24) is 4.90 Å². The number of anilines is 1. The smallest absolute Gasteiger partial charge is 0.312 e. The van der Waals surface area contributed by atoms with Gasteiger partial charge in [0.15, 0.2) is 0 Å². The lowest BCUT2D eigenvalue weighted by Gasteiger charge is -2.36. The maximum absolute atomic E-state index is 13.5. The first-order valence-corrected chi connectivity index (χ1v) is 10.1. The van der Waals surface area contributed by atoms with Gasteiger partial charge in [0, 0.05) is 23.2 Å². The molecule has 0 saturated carbocycles.